The summed E-state index contributed by atoms with van der Waals surface area (Å²) in [5.41, 5.74) is 5.38. The summed E-state index contributed by atoms with van der Waals surface area (Å²) in [5.74, 6) is 0. The fourth-order valence-corrected chi connectivity index (χ4v) is 1.01. The average molecular weight is 253 g/mol. The third kappa shape index (κ3) is 4.48. The first kappa shape index (κ1) is 19.1. The van der Waals surface area contributed by atoms with Crippen molar-refractivity contribution in [2.45, 2.75) is 27.7 Å². The molecule has 0 N–H and O–H groups in total. The summed E-state index contributed by atoms with van der Waals surface area (Å²) >= 11 is 0. The van der Waals surface area contributed by atoms with Crippen molar-refractivity contribution in [2.24, 2.45) is 0 Å². The van der Waals surface area contributed by atoms with Gasteiger partial charge in [-0.2, -0.15) is 34.4 Å². The van der Waals surface area contributed by atoms with Gasteiger partial charge >= 0.3 is 23.1 Å². The Morgan fingerprint density at radius 2 is 1.46 bits per heavy atom. The van der Waals surface area contributed by atoms with Gasteiger partial charge in [0.25, 0.3) is 0 Å². The number of hydrogen-bond acceptors (Lipinski definition) is 0. The molecule has 0 bridgehead atoms. The molecule has 70 valence electrons. The van der Waals surface area contributed by atoms with Crippen LogP contribution < -0.4 is 0 Å². The van der Waals surface area contributed by atoms with Crippen LogP contribution in [0.15, 0.2) is 6.07 Å². The minimum absolute atomic E-state index is 0. The van der Waals surface area contributed by atoms with Crippen molar-refractivity contribution in [3.63, 3.8) is 0 Å². The molecular formula is C11H17BrMg. The Balaban J connectivity index is -0.000000333. The van der Waals surface area contributed by atoms with Crippen molar-refractivity contribution in [1.29, 1.82) is 0 Å². The summed E-state index contributed by atoms with van der Waals surface area (Å²) in [6.45, 7) is 8.53. The molecule has 0 amide bonds. The second-order valence-corrected chi connectivity index (χ2v) is 2.85. The van der Waals surface area contributed by atoms with E-state index >= 15 is 0 Å². The van der Waals surface area contributed by atoms with E-state index in [1.54, 1.807) is 0 Å². The fourth-order valence-electron chi connectivity index (χ4n) is 1.01. The van der Waals surface area contributed by atoms with E-state index in [1.165, 1.54) is 22.3 Å². The van der Waals surface area contributed by atoms with Crippen molar-refractivity contribution >= 4 is 40.0 Å². The molecule has 0 spiro atoms. The second-order valence-electron chi connectivity index (χ2n) is 2.85. The summed E-state index contributed by atoms with van der Waals surface area (Å²) in [6.07, 6.45) is 0. The van der Waals surface area contributed by atoms with Gasteiger partial charge in [0.15, 0.2) is 0 Å². The monoisotopic (exact) mass is 252 g/mol. The summed E-state index contributed by atoms with van der Waals surface area (Å²) in [4.78, 5) is 0. The molecule has 0 aliphatic carbocycles. The van der Waals surface area contributed by atoms with Crippen LogP contribution >= 0.6 is 17.0 Å². The van der Waals surface area contributed by atoms with Crippen molar-refractivity contribution in [3.8, 4) is 0 Å². The first-order chi connectivity index (χ1) is 4.63. The van der Waals surface area contributed by atoms with Crippen LogP contribution in [0, 0.1) is 41.2 Å². The minimum Gasteiger partial charge on any atom is -0.358 e. The Morgan fingerprint density at radius 3 is 1.85 bits per heavy atom. The molecule has 0 saturated carbocycles. The van der Waals surface area contributed by atoms with Gasteiger partial charge in [0.05, 0.1) is 0 Å². The molecule has 0 radical (unpaired) electrons. The van der Waals surface area contributed by atoms with Gasteiger partial charge in [-0.3, -0.25) is 0 Å². The number of halogens is 1. The van der Waals surface area contributed by atoms with Crippen LogP contribution in [0.4, 0.5) is 0 Å². The van der Waals surface area contributed by atoms with Gasteiger partial charge in [-0.25, -0.2) is 0 Å². The van der Waals surface area contributed by atoms with Crippen LogP contribution in [0.1, 0.15) is 22.3 Å². The number of benzene rings is 1. The summed E-state index contributed by atoms with van der Waals surface area (Å²) in [6, 6.07) is 5.26. The fraction of sp³-hybridized carbons (Fsp3) is 0.364. The summed E-state index contributed by atoms with van der Waals surface area (Å²) in [5, 5.41) is 0. The Kier molecular flexibility index (Phi) is 11.5. The predicted molar refractivity (Wildman–Crippen MR) is 66.7 cm³/mol. The van der Waals surface area contributed by atoms with E-state index in [0.29, 0.717) is 0 Å². The molecule has 0 aliphatic heterocycles. The van der Waals surface area contributed by atoms with Gasteiger partial charge in [0, 0.05) is 0 Å². The zero-order valence-corrected chi connectivity index (χ0v) is 12.3. The zero-order valence-electron chi connectivity index (χ0n) is 9.19. The van der Waals surface area contributed by atoms with E-state index in [2.05, 4.69) is 39.8 Å². The van der Waals surface area contributed by atoms with Crippen molar-refractivity contribution in [1.82, 2.24) is 0 Å². The molecule has 0 heterocycles. The quantitative estimate of drug-likeness (QED) is 0.491. The molecule has 2 heteroatoms. The Hall–Kier alpha value is 0.466. The molecule has 0 nitrogen and oxygen atoms in total. The van der Waals surface area contributed by atoms with Crippen molar-refractivity contribution in [2.75, 3.05) is 0 Å². The third-order valence-electron chi connectivity index (χ3n) is 2.22. The maximum absolute atomic E-state index is 3.21. The number of rotatable bonds is 0. The molecule has 1 aromatic carbocycles. The molecular weight excluding hydrogens is 236 g/mol. The van der Waals surface area contributed by atoms with Crippen LogP contribution in [0.3, 0.4) is 0 Å². The summed E-state index contributed by atoms with van der Waals surface area (Å²) in [7, 11) is 0. The van der Waals surface area contributed by atoms with Gasteiger partial charge < -0.3 is 7.43 Å². The van der Waals surface area contributed by atoms with Crippen LogP contribution in [-0.2, 0) is 0 Å². The zero-order chi connectivity index (χ0) is 7.72. The Labute approximate surface area is 109 Å². The average Bonchev–Trinajstić information content (AvgIpc) is 1.93. The smallest absolute Gasteiger partial charge is 0.358 e. The van der Waals surface area contributed by atoms with Crippen LogP contribution in [0.25, 0.3) is 0 Å². The molecule has 0 unspecified atom stereocenters. The third-order valence-corrected chi connectivity index (χ3v) is 2.22. The maximum Gasteiger partial charge on any atom is 2.00 e. The van der Waals surface area contributed by atoms with E-state index in [4.69, 9.17) is 0 Å². The van der Waals surface area contributed by atoms with Crippen LogP contribution in [0.2, 0.25) is 0 Å². The van der Waals surface area contributed by atoms with Gasteiger partial charge in [0.1, 0.15) is 0 Å². The summed E-state index contributed by atoms with van der Waals surface area (Å²) < 4.78 is 0. The van der Waals surface area contributed by atoms with E-state index in [9.17, 15) is 0 Å². The SMILES string of the molecule is Br.Cc1[c-]cc(C)c(C)c1C.[CH3-].[Mg+2]. The van der Waals surface area contributed by atoms with Gasteiger partial charge in [-0.15, -0.1) is 17.0 Å². The van der Waals surface area contributed by atoms with E-state index in [-0.39, 0.29) is 47.5 Å². The van der Waals surface area contributed by atoms with E-state index in [0.717, 1.165) is 0 Å². The topological polar surface area (TPSA) is 0 Å². The Bertz CT molecular complexity index is 230. The molecule has 0 fully saturated rings. The molecule has 0 saturated heterocycles. The molecule has 0 aromatic heterocycles. The van der Waals surface area contributed by atoms with Crippen LogP contribution in [-0.4, -0.2) is 23.1 Å². The van der Waals surface area contributed by atoms with Crippen molar-refractivity contribution in [3.05, 3.63) is 41.8 Å². The molecule has 1 rings (SSSR count). The van der Waals surface area contributed by atoms with E-state index in [1.807, 2.05) is 0 Å². The normalized spacial score (nSPS) is 7.69. The number of hydrogen-bond donors (Lipinski definition) is 0. The standard InChI is InChI=1S/C10H13.CH3.BrH.Mg/c1-7-5-6-8(2)10(4)9(7)3;;;/h5H,1-4H3;1H3;1H;/q2*-1;;+2. The van der Waals surface area contributed by atoms with Crippen LogP contribution in [0.5, 0.6) is 0 Å². The van der Waals surface area contributed by atoms with Gasteiger partial charge in [-0.05, 0) is 0 Å². The predicted octanol–water partition coefficient (Wildman–Crippen LogP) is 3.37. The number of aryl methyl sites for hydroxylation is 2. The largest absolute Gasteiger partial charge is 2.00 e. The van der Waals surface area contributed by atoms with Crippen molar-refractivity contribution < 1.29 is 0 Å². The first-order valence-corrected chi connectivity index (χ1v) is 3.58. The molecule has 13 heavy (non-hydrogen) atoms. The Morgan fingerprint density at radius 1 is 1.00 bits per heavy atom. The first-order valence-electron chi connectivity index (χ1n) is 3.58. The molecule has 0 atom stereocenters. The van der Waals surface area contributed by atoms with Gasteiger partial charge in [0.2, 0.25) is 0 Å². The minimum atomic E-state index is 0. The maximum atomic E-state index is 3.21. The van der Waals surface area contributed by atoms with Gasteiger partial charge in [-0.1, -0.05) is 27.7 Å². The van der Waals surface area contributed by atoms with E-state index < -0.39 is 0 Å². The molecule has 0 aliphatic rings. The second kappa shape index (κ2) is 7.83. The molecule has 1 aromatic rings.